The lowest BCUT2D eigenvalue weighted by Gasteiger charge is -2.27. The number of oxime groups is 1. The van der Waals surface area contributed by atoms with E-state index in [1.165, 1.54) is 0 Å². The van der Waals surface area contributed by atoms with Crippen LogP contribution in [0, 0.1) is 0 Å². The number of amidine groups is 1. The maximum atomic E-state index is 8.89. The van der Waals surface area contributed by atoms with Crippen molar-refractivity contribution in [3.8, 4) is 0 Å². The van der Waals surface area contributed by atoms with Gasteiger partial charge in [0.25, 0.3) is 0 Å². The molecule has 0 aliphatic rings. The average Bonchev–Trinajstić information content (AvgIpc) is 2.02. The fourth-order valence-corrected chi connectivity index (χ4v) is 0.792. The molecule has 0 bridgehead atoms. The van der Waals surface area contributed by atoms with Crippen molar-refractivity contribution in [2.45, 2.75) is 32.4 Å². The second-order valence-corrected chi connectivity index (χ2v) is 3.43. The molecule has 0 aliphatic carbocycles. The highest BCUT2D eigenvalue weighted by atomic mass is 16.4. The number of nitrogens with zero attached hydrogens (tertiary/aromatic N) is 1. The number of rotatable bonds is 4. The van der Waals surface area contributed by atoms with Gasteiger partial charge in [0.15, 0.2) is 5.84 Å². The smallest absolute Gasteiger partial charge is 0.156 e. The van der Waals surface area contributed by atoms with E-state index in [0.717, 1.165) is 0 Å². The highest BCUT2D eigenvalue weighted by Crippen LogP contribution is 2.01. The van der Waals surface area contributed by atoms with E-state index in [0.29, 0.717) is 0 Å². The molecule has 72 valence electrons. The van der Waals surface area contributed by atoms with Gasteiger partial charge in [-0.2, -0.15) is 0 Å². The summed E-state index contributed by atoms with van der Waals surface area (Å²) in [5.74, 6) is 0.108. The molecule has 12 heavy (non-hydrogen) atoms. The Bertz CT molecular complexity index is 168. The fraction of sp³-hybridized carbons (Fsp3) is 0.857. The molecule has 5 heteroatoms. The number of nitrogens with two attached hydrogens (primary N) is 1. The summed E-state index contributed by atoms with van der Waals surface area (Å²) in [6.45, 7) is 5.41. The topological polar surface area (TPSA) is 90.9 Å². The molecular weight excluding hydrogens is 158 g/mol. The predicted molar refractivity (Wildman–Crippen MR) is 47.2 cm³/mol. The fourth-order valence-electron chi connectivity index (χ4n) is 0.792. The zero-order chi connectivity index (χ0) is 9.78. The van der Waals surface area contributed by atoms with Crippen molar-refractivity contribution in [3.05, 3.63) is 0 Å². The van der Waals surface area contributed by atoms with Crippen LogP contribution >= 0.6 is 0 Å². The van der Waals surface area contributed by atoms with Gasteiger partial charge in [0.05, 0.1) is 12.6 Å². The van der Waals surface area contributed by atoms with Gasteiger partial charge in [0, 0.05) is 5.54 Å². The second kappa shape index (κ2) is 4.27. The first kappa shape index (κ1) is 11.2. The van der Waals surface area contributed by atoms with Crippen LogP contribution < -0.4 is 11.1 Å². The second-order valence-electron chi connectivity index (χ2n) is 3.43. The Morgan fingerprint density at radius 3 is 2.50 bits per heavy atom. The SMILES string of the molecule is CC(NC(C)(C)CO)C(N)=NO. The molecule has 0 heterocycles. The zero-order valence-corrected chi connectivity index (χ0v) is 7.70. The van der Waals surface area contributed by atoms with Gasteiger partial charge in [-0.3, -0.25) is 0 Å². The van der Waals surface area contributed by atoms with Crippen LogP contribution in [-0.2, 0) is 0 Å². The lowest BCUT2D eigenvalue weighted by Crippen LogP contribution is -2.52. The lowest BCUT2D eigenvalue weighted by atomic mass is 10.1. The van der Waals surface area contributed by atoms with Gasteiger partial charge in [-0.15, -0.1) is 0 Å². The van der Waals surface area contributed by atoms with Crippen LogP contribution in [0.2, 0.25) is 0 Å². The van der Waals surface area contributed by atoms with E-state index in [4.69, 9.17) is 16.0 Å². The Labute approximate surface area is 72.3 Å². The maximum absolute atomic E-state index is 8.89. The molecule has 0 aromatic rings. The van der Waals surface area contributed by atoms with E-state index in [-0.39, 0.29) is 18.5 Å². The minimum Gasteiger partial charge on any atom is -0.409 e. The molecule has 5 nitrogen and oxygen atoms in total. The lowest BCUT2D eigenvalue weighted by molar-refractivity contribution is 0.184. The average molecular weight is 175 g/mol. The van der Waals surface area contributed by atoms with Crippen molar-refractivity contribution in [1.29, 1.82) is 0 Å². The maximum Gasteiger partial charge on any atom is 0.156 e. The molecule has 0 saturated carbocycles. The molecule has 1 unspecified atom stereocenters. The highest BCUT2D eigenvalue weighted by Gasteiger charge is 2.20. The first-order valence-corrected chi connectivity index (χ1v) is 3.79. The van der Waals surface area contributed by atoms with Crippen molar-refractivity contribution in [2.75, 3.05) is 6.61 Å². The normalized spacial score (nSPS) is 16.2. The summed E-state index contributed by atoms with van der Waals surface area (Å²) in [7, 11) is 0. The van der Waals surface area contributed by atoms with Crippen molar-refractivity contribution < 1.29 is 10.3 Å². The number of aliphatic hydroxyl groups excluding tert-OH is 1. The zero-order valence-electron chi connectivity index (χ0n) is 7.70. The van der Waals surface area contributed by atoms with Gasteiger partial charge in [0.1, 0.15) is 0 Å². The first-order chi connectivity index (χ1) is 5.43. The molecular formula is C7H17N3O2. The summed E-state index contributed by atoms with van der Waals surface area (Å²) in [5.41, 5.74) is 4.91. The monoisotopic (exact) mass is 175 g/mol. The molecule has 0 aliphatic heterocycles. The van der Waals surface area contributed by atoms with E-state index in [2.05, 4.69) is 10.5 Å². The number of nitrogens with one attached hydrogen (secondary N) is 1. The van der Waals surface area contributed by atoms with Gasteiger partial charge in [-0.25, -0.2) is 0 Å². The van der Waals surface area contributed by atoms with Crippen LogP contribution in [0.3, 0.4) is 0 Å². The Kier molecular flexibility index (Phi) is 3.99. The van der Waals surface area contributed by atoms with Crippen LogP contribution in [0.4, 0.5) is 0 Å². The van der Waals surface area contributed by atoms with Crippen molar-refractivity contribution in [3.63, 3.8) is 0 Å². The van der Waals surface area contributed by atoms with Crippen molar-refractivity contribution >= 4 is 5.84 Å². The third kappa shape index (κ3) is 3.54. The van der Waals surface area contributed by atoms with E-state index < -0.39 is 5.54 Å². The number of hydrogen-bond donors (Lipinski definition) is 4. The summed E-state index contributed by atoms with van der Waals surface area (Å²) in [6.07, 6.45) is 0. The summed E-state index contributed by atoms with van der Waals surface area (Å²) in [6, 6.07) is -0.253. The minimum atomic E-state index is -0.422. The van der Waals surface area contributed by atoms with Gasteiger partial charge in [0.2, 0.25) is 0 Å². The minimum absolute atomic E-state index is 0.00392. The molecule has 0 rings (SSSR count). The summed E-state index contributed by atoms with van der Waals surface area (Å²) < 4.78 is 0. The van der Waals surface area contributed by atoms with Gasteiger partial charge >= 0.3 is 0 Å². The van der Waals surface area contributed by atoms with Crippen molar-refractivity contribution in [1.82, 2.24) is 5.32 Å². The van der Waals surface area contributed by atoms with E-state index in [1.54, 1.807) is 6.92 Å². The highest BCUT2D eigenvalue weighted by molar-refractivity contribution is 5.84. The Morgan fingerprint density at radius 1 is 1.67 bits per heavy atom. The molecule has 0 aromatic carbocycles. The Balaban J connectivity index is 4.09. The Morgan fingerprint density at radius 2 is 2.17 bits per heavy atom. The van der Waals surface area contributed by atoms with E-state index in [9.17, 15) is 0 Å². The molecule has 1 atom stereocenters. The molecule has 0 radical (unpaired) electrons. The van der Waals surface area contributed by atoms with E-state index >= 15 is 0 Å². The quantitative estimate of drug-likeness (QED) is 0.200. The Hall–Kier alpha value is -0.810. The summed E-state index contributed by atoms with van der Waals surface area (Å²) in [4.78, 5) is 0. The third-order valence-electron chi connectivity index (χ3n) is 1.56. The van der Waals surface area contributed by atoms with Crippen LogP contribution in [0.15, 0.2) is 5.16 Å². The van der Waals surface area contributed by atoms with Gasteiger partial charge < -0.3 is 21.4 Å². The third-order valence-corrected chi connectivity index (χ3v) is 1.56. The van der Waals surface area contributed by atoms with E-state index in [1.807, 2.05) is 13.8 Å². The van der Waals surface area contributed by atoms with Crippen LogP contribution in [-0.4, -0.2) is 34.3 Å². The molecule has 0 aromatic heterocycles. The standard InChI is InChI=1S/C7H17N3O2/c1-5(6(8)10-12)9-7(2,3)4-11/h5,9,11-12H,4H2,1-3H3,(H2,8,10). The van der Waals surface area contributed by atoms with Crippen LogP contribution in [0.1, 0.15) is 20.8 Å². The first-order valence-electron chi connectivity index (χ1n) is 3.79. The predicted octanol–water partition coefficient (Wildman–Crippen LogP) is -0.518. The number of hydrogen-bond acceptors (Lipinski definition) is 4. The summed E-state index contributed by atoms with van der Waals surface area (Å²) in [5, 5.41) is 23.1. The largest absolute Gasteiger partial charge is 0.409 e. The molecule has 0 saturated heterocycles. The molecule has 0 amide bonds. The van der Waals surface area contributed by atoms with Gasteiger partial charge in [-0.05, 0) is 20.8 Å². The van der Waals surface area contributed by atoms with Crippen LogP contribution in [0.25, 0.3) is 0 Å². The number of aliphatic hydroxyl groups is 1. The summed E-state index contributed by atoms with van der Waals surface area (Å²) >= 11 is 0. The molecule has 0 spiro atoms. The molecule has 5 N–H and O–H groups in total. The van der Waals surface area contributed by atoms with Gasteiger partial charge in [-0.1, -0.05) is 5.16 Å². The van der Waals surface area contributed by atoms with Crippen LogP contribution in [0.5, 0.6) is 0 Å². The van der Waals surface area contributed by atoms with Crippen molar-refractivity contribution in [2.24, 2.45) is 10.9 Å². The molecule has 0 fully saturated rings.